The van der Waals surface area contributed by atoms with E-state index < -0.39 is 69.8 Å². The fraction of sp³-hybridized carbons (Fsp3) is 0.161. The Hall–Kier alpha value is -4.12. The molecule has 2 nitrogen and oxygen atoms in total. The highest BCUT2D eigenvalue weighted by Crippen LogP contribution is 2.41. The molecule has 0 saturated heterocycles. The molecule has 0 N–H and O–H groups in total. The van der Waals surface area contributed by atoms with Crippen LogP contribution in [0.25, 0.3) is 22.3 Å². The smallest absolute Gasteiger partial charge is 0.432 e. The third-order valence-electron chi connectivity index (χ3n) is 6.12. The summed E-state index contributed by atoms with van der Waals surface area (Å²) in [6.45, 7) is 1.92. The Morgan fingerprint density at radius 2 is 1.47 bits per heavy atom. The Morgan fingerprint density at radius 1 is 0.791 bits per heavy atom. The summed E-state index contributed by atoms with van der Waals surface area (Å²) in [6.07, 6.45) is -5.38. The largest absolute Gasteiger partial charge is 0.462 e. The summed E-state index contributed by atoms with van der Waals surface area (Å²) in [5.74, 6) is -8.21. The fourth-order valence-electron chi connectivity index (χ4n) is 4.25. The van der Waals surface area contributed by atoms with Crippen LogP contribution in [0.5, 0.6) is 11.5 Å². The van der Waals surface area contributed by atoms with E-state index in [1.807, 2.05) is 6.92 Å². The molecule has 4 rings (SSSR count). The quantitative estimate of drug-likeness (QED) is 0.128. The zero-order chi connectivity index (χ0) is 31.5. The van der Waals surface area contributed by atoms with Crippen LogP contribution in [-0.2, 0) is 12.5 Å². The van der Waals surface area contributed by atoms with Gasteiger partial charge in [-0.25, -0.2) is 30.7 Å². The number of halogens is 10. The number of rotatable bonds is 10. The van der Waals surface area contributed by atoms with Crippen LogP contribution >= 0.6 is 11.6 Å². The van der Waals surface area contributed by atoms with Gasteiger partial charge in [0, 0.05) is 23.3 Å². The lowest BCUT2D eigenvalue weighted by Crippen LogP contribution is -2.25. The van der Waals surface area contributed by atoms with E-state index in [1.54, 1.807) is 6.07 Å². The van der Waals surface area contributed by atoms with E-state index in [4.69, 9.17) is 11.6 Å². The predicted octanol–water partition coefficient (Wildman–Crippen LogP) is 10.6. The van der Waals surface area contributed by atoms with Crippen LogP contribution < -0.4 is 9.47 Å². The van der Waals surface area contributed by atoms with Crippen LogP contribution in [0.1, 0.15) is 24.5 Å². The summed E-state index contributed by atoms with van der Waals surface area (Å²) < 4.78 is 137. The van der Waals surface area contributed by atoms with Gasteiger partial charge in [-0.05, 0) is 65.6 Å². The maximum absolute atomic E-state index is 15.2. The van der Waals surface area contributed by atoms with E-state index in [1.165, 1.54) is 18.2 Å². The number of allylic oxidation sites excluding steroid dienone is 1. The van der Waals surface area contributed by atoms with Gasteiger partial charge in [0.25, 0.3) is 6.43 Å². The van der Waals surface area contributed by atoms with Crippen LogP contribution in [0.2, 0.25) is 5.02 Å². The lowest BCUT2D eigenvalue weighted by atomic mass is 9.96. The number of ether oxygens (including phenoxy) is 2. The summed E-state index contributed by atoms with van der Waals surface area (Å²) in [5.41, 5.74) is -2.13. The third kappa shape index (κ3) is 7.27. The van der Waals surface area contributed by atoms with Crippen molar-refractivity contribution < 1.29 is 49.0 Å². The van der Waals surface area contributed by atoms with E-state index >= 15 is 4.39 Å². The van der Waals surface area contributed by atoms with Crippen molar-refractivity contribution in [2.75, 3.05) is 0 Å². The molecule has 0 spiro atoms. The number of hydrogen-bond acceptors (Lipinski definition) is 2. The molecule has 0 radical (unpaired) electrons. The van der Waals surface area contributed by atoms with Gasteiger partial charge in [0.05, 0.1) is 11.3 Å². The summed E-state index contributed by atoms with van der Waals surface area (Å²) >= 11 is 6.20. The maximum Gasteiger partial charge on any atom is 0.432 e. The zero-order valence-electron chi connectivity index (χ0n) is 22.0. The van der Waals surface area contributed by atoms with Crippen molar-refractivity contribution in [2.45, 2.75) is 32.3 Å². The van der Waals surface area contributed by atoms with E-state index in [2.05, 4.69) is 9.47 Å². The molecule has 0 aliphatic rings. The molecule has 0 unspecified atom stereocenters. The van der Waals surface area contributed by atoms with Crippen LogP contribution in [0.3, 0.4) is 0 Å². The average molecular weight is 631 g/mol. The normalized spacial score (nSPS) is 11.9. The van der Waals surface area contributed by atoms with Gasteiger partial charge in [-0.3, -0.25) is 0 Å². The molecule has 0 saturated carbocycles. The minimum Gasteiger partial charge on any atom is -0.462 e. The summed E-state index contributed by atoms with van der Waals surface area (Å²) in [7, 11) is 0. The molecule has 0 heterocycles. The van der Waals surface area contributed by atoms with E-state index in [0.717, 1.165) is 30.2 Å². The first-order valence-electron chi connectivity index (χ1n) is 12.6. The Labute approximate surface area is 244 Å². The summed E-state index contributed by atoms with van der Waals surface area (Å²) in [6, 6.07) is 9.21. The van der Waals surface area contributed by atoms with Crippen LogP contribution in [0, 0.1) is 29.1 Å². The Bertz CT molecular complexity index is 1630. The van der Waals surface area contributed by atoms with Crippen LogP contribution in [0.4, 0.5) is 39.5 Å². The van der Waals surface area contributed by atoms with Gasteiger partial charge in [0.2, 0.25) is 0 Å². The second-order valence-corrected chi connectivity index (χ2v) is 9.59. The molecule has 0 aliphatic heterocycles. The minimum atomic E-state index is -4.69. The monoisotopic (exact) mass is 630 g/mol. The van der Waals surface area contributed by atoms with Crippen molar-refractivity contribution in [3.63, 3.8) is 0 Å². The number of aryl methyl sites for hydroxylation is 1. The SMILES string of the molecule is CCCc1ccc(-c2cc(F)c(-c3cc(F)c(C(F)(F)Oc4ccc(O/C=C/C(F)F)c(F)c4)c(F)c3)c(Cl)c2)c(F)c1. The average Bonchev–Trinajstić information content (AvgIpc) is 2.89. The molecule has 0 amide bonds. The van der Waals surface area contributed by atoms with Gasteiger partial charge in [-0.15, -0.1) is 0 Å². The molecule has 12 heteroatoms. The molecule has 4 aromatic carbocycles. The van der Waals surface area contributed by atoms with Crippen LogP contribution in [0.15, 0.2) is 73.0 Å². The van der Waals surface area contributed by atoms with E-state index in [9.17, 15) is 35.1 Å². The van der Waals surface area contributed by atoms with Gasteiger partial charge in [0.15, 0.2) is 11.6 Å². The van der Waals surface area contributed by atoms with E-state index in [-0.39, 0.29) is 16.1 Å². The Kier molecular flexibility index (Phi) is 9.64. The number of hydrogen-bond donors (Lipinski definition) is 0. The molecule has 0 aromatic heterocycles. The lowest BCUT2D eigenvalue weighted by molar-refractivity contribution is -0.189. The van der Waals surface area contributed by atoms with Crippen molar-refractivity contribution in [1.29, 1.82) is 0 Å². The van der Waals surface area contributed by atoms with Crippen molar-refractivity contribution in [1.82, 2.24) is 0 Å². The van der Waals surface area contributed by atoms with Gasteiger partial charge < -0.3 is 9.47 Å². The second kappa shape index (κ2) is 13.0. The predicted molar refractivity (Wildman–Crippen MR) is 143 cm³/mol. The molecule has 0 aliphatic carbocycles. The van der Waals surface area contributed by atoms with Crippen molar-refractivity contribution >= 4 is 11.6 Å². The lowest BCUT2D eigenvalue weighted by Gasteiger charge is -2.20. The van der Waals surface area contributed by atoms with Crippen molar-refractivity contribution in [3.05, 3.63) is 118 Å². The minimum absolute atomic E-state index is 0.0253. The Balaban J connectivity index is 1.62. The number of alkyl halides is 4. The van der Waals surface area contributed by atoms with Gasteiger partial charge >= 0.3 is 6.11 Å². The number of benzene rings is 4. The molecule has 0 bridgehead atoms. The molecule has 0 fully saturated rings. The van der Waals surface area contributed by atoms with E-state index in [0.29, 0.717) is 37.0 Å². The molecular formula is C31H20ClF9O2. The van der Waals surface area contributed by atoms with Crippen molar-refractivity contribution in [3.8, 4) is 33.8 Å². The van der Waals surface area contributed by atoms with Crippen LogP contribution in [-0.4, -0.2) is 6.43 Å². The molecule has 4 aromatic rings. The standard InChI is InChI=1S/C31H20ClF9O2/c1-2-3-16-4-6-20(22(33)10-16)17-11-21(32)29(24(35)12-17)18-13-25(36)30(26(37)14-18)31(40,41)43-19-5-7-27(23(34)15-19)42-9-8-28(38)39/h4-15,28H,2-3H2,1H3/b9-8+. The topological polar surface area (TPSA) is 18.5 Å². The molecule has 43 heavy (non-hydrogen) atoms. The first-order chi connectivity index (χ1) is 20.3. The van der Waals surface area contributed by atoms with Gasteiger partial charge in [-0.1, -0.05) is 37.1 Å². The Morgan fingerprint density at radius 3 is 2.05 bits per heavy atom. The first kappa shape index (κ1) is 31.8. The second-order valence-electron chi connectivity index (χ2n) is 9.19. The van der Waals surface area contributed by atoms with Gasteiger partial charge in [-0.2, -0.15) is 8.78 Å². The summed E-state index contributed by atoms with van der Waals surface area (Å²) in [5, 5.41) is -0.372. The summed E-state index contributed by atoms with van der Waals surface area (Å²) in [4.78, 5) is 0. The molecule has 226 valence electrons. The fourth-order valence-corrected chi connectivity index (χ4v) is 4.57. The highest BCUT2D eigenvalue weighted by molar-refractivity contribution is 6.33. The third-order valence-corrected chi connectivity index (χ3v) is 6.41. The highest BCUT2D eigenvalue weighted by Gasteiger charge is 2.41. The van der Waals surface area contributed by atoms with Gasteiger partial charge in [0.1, 0.15) is 34.6 Å². The van der Waals surface area contributed by atoms with Crippen molar-refractivity contribution in [2.24, 2.45) is 0 Å². The highest BCUT2D eigenvalue weighted by atomic mass is 35.5. The molecule has 0 atom stereocenters. The first-order valence-corrected chi connectivity index (χ1v) is 12.9. The zero-order valence-corrected chi connectivity index (χ0v) is 22.8. The molecular weight excluding hydrogens is 611 g/mol. The maximum atomic E-state index is 15.2.